The van der Waals surface area contributed by atoms with Crippen LogP contribution in [0.15, 0.2) is 48.7 Å². The van der Waals surface area contributed by atoms with Gasteiger partial charge < -0.3 is 14.8 Å². The van der Waals surface area contributed by atoms with E-state index in [-0.39, 0.29) is 5.91 Å². The van der Waals surface area contributed by atoms with Crippen molar-refractivity contribution in [2.24, 2.45) is 0 Å². The second-order valence-electron chi connectivity index (χ2n) is 6.22. The highest BCUT2D eigenvalue weighted by Crippen LogP contribution is 2.19. The van der Waals surface area contributed by atoms with Gasteiger partial charge in [0.15, 0.2) is 0 Å². The van der Waals surface area contributed by atoms with Gasteiger partial charge in [0.1, 0.15) is 5.82 Å². The number of pyridine rings is 1. The molecule has 24 heavy (non-hydrogen) atoms. The minimum Gasteiger partial charge on any atom is -0.359 e. The number of carbonyl (C=O) groups excluding carboxylic acids is 1. The molecule has 0 radical (unpaired) electrons. The highest BCUT2D eigenvalue weighted by molar-refractivity contribution is 5.98. The van der Waals surface area contributed by atoms with Crippen LogP contribution < -0.4 is 4.90 Å². The number of anilines is 1. The molecule has 0 bridgehead atoms. The largest absolute Gasteiger partial charge is 0.359 e. The fourth-order valence-electron chi connectivity index (χ4n) is 3.27. The van der Waals surface area contributed by atoms with Crippen molar-refractivity contribution in [1.82, 2.24) is 14.9 Å². The molecule has 1 aliphatic rings. The SMILES string of the molecule is Cc1cc2cc(C(=O)N3CCN(c4ccccn4)CC3)ccc2[nH]1. The zero-order valence-corrected chi connectivity index (χ0v) is 13.7. The molecule has 1 aliphatic heterocycles. The van der Waals surface area contributed by atoms with E-state index < -0.39 is 0 Å². The molecule has 1 amide bonds. The number of benzene rings is 1. The Morgan fingerprint density at radius 3 is 2.67 bits per heavy atom. The molecule has 3 aromatic rings. The lowest BCUT2D eigenvalue weighted by molar-refractivity contribution is 0.0746. The normalized spacial score (nSPS) is 15.0. The van der Waals surface area contributed by atoms with E-state index in [9.17, 15) is 4.79 Å². The van der Waals surface area contributed by atoms with Gasteiger partial charge in [0.25, 0.3) is 5.91 Å². The number of amides is 1. The highest BCUT2D eigenvalue weighted by Gasteiger charge is 2.22. The Morgan fingerprint density at radius 1 is 1.08 bits per heavy atom. The van der Waals surface area contributed by atoms with E-state index in [0.717, 1.165) is 54.2 Å². The Morgan fingerprint density at radius 2 is 1.92 bits per heavy atom. The first kappa shape index (κ1) is 14.8. The average molecular weight is 320 g/mol. The molecule has 1 saturated heterocycles. The van der Waals surface area contributed by atoms with Crippen LogP contribution >= 0.6 is 0 Å². The van der Waals surface area contributed by atoms with Crippen LogP contribution in [0.1, 0.15) is 16.1 Å². The number of aromatic nitrogens is 2. The van der Waals surface area contributed by atoms with Gasteiger partial charge in [-0.2, -0.15) is 0 Å². The smallest absolute Gasteiger partial charge is 0.253 e. The summed E-state index contributed by atoms with van der Waals surface area (Å²) in [6, 6.07) is 13.9. The van der Waals surface area contributed by atoms with Crippen molar-refractivity contribution < 1.29 is 4.79 Å². The fraction of sp³-hybridized carbons (Fsp3) is 0.263. The summed E-state index contributed by atoms with van der Waals surface area (Å²) in [4.78, 5) is 24.6. The third kappa shape index (κ3) is 2.73. The summed E-state index contributed by atoms with van der Waals surface area (Å²) in [6.07, 6.45) is 1.81. The van der Waals surface area contributed by atoms with Crippen molar-refractivity contribution in [3.63, 3.8) is 0 Å². The zero-order valence-electron chi connectivity index (χ0n) is 13.7. The summed E-state index contributed by atoms with van der Waals surface area (Å²) in [6.45, 7) is 5.10. The average Bonchev–Trinajstić information content (AvgIpc) is 3.01. The Balaban J connectivity index is 1.47. The van der Waals surface area contributed by atoms with E-state index >= 15 is 0 Å². The van der Waals surface area contributed by atoms with Crippen LogP contribution in [0, 0.1) is 6.92 Å². The maximum Gasteiger partial charge on any atom is 0.253 e. The first-order valence-electron chi connectivity index (χ1n) is 8.25. The van der Waals surface area contributed by atoms with E-state index in [2.05, 4.69) is 20.9 Å². The molecule has 0 unspecified atom stereocenters. The minimum atomic E-state index is 0.108. The van der Waals surface area contributed by atoms with Gasteiger partial charge in [-0.3, -0.25) is 4.79 Å². The molecule has 2 aromatic heterocycles. The second kappa shape index (κ2) is 6.00. The first-order valence-corrected chi connectivity index (χ1v) is 8.25. The number of nitrogens with one attached hydrogen (secondary N) is 1. The van der Waals surface area contributed by atoms with E-state index in [1.54, 1.807) is 6.20 Å². The molecule has 3 heterocycles. The van der Waals surface area contributed by atoms with Crippen molar-refractivity contribution in [3.8, 4) is 0 Å². The Kier molecular flexibility index (Phi) is 3.69. The third-order valence-electron chi connectivity index (χ3n) is 4.54. The Labute approximate surface area is 140 Å². The van der Waals surface area contributed by atoms with E-state index in [1.807, 2.05) is 48.2 Å². The highest BCUT2D eigenvalue weighted by atomic mass is 16.2. The quantitative estimate of drug-likeness (QED) is 0.790. The van der Waals surface area contributed by atoms with Crippen LogP contribution in [-0.4, -0.2) is 47.0 Å². The molecule has 1 fully saturated rings. The topological polar surface area (TPSA) is 52.2 Å². The van der Waals surface area contributed by atoms with Gasteiger partial charge in [-0.05, 0) is 43.3 Å². The number of H-pyrrole nitrogens is 1. The molecule has 1 aromatic carbocycles. The van der Waals surface area contributed by atoms with Gasteiger partial charge in [-0.1, -0.05) is 6.07 Å². The summed E-state index contributed by atoms with van der Waals surface area (Å²) >= 11 is 0. The number of rotatable bonds is 2. The molecule has 0 atom stereocenters. The summed E-state index contributed by atoms with van der Waals surface area (Å²) in [5.74, 6) is 1.09. The predicted octanol–water partition coefficient (Wildman–Crippen LogP) is 2.83. The van der Waals surface area contributed by atoms with Crippen molar-refractivity contribution in [3.05, 3.63) is 59.9 Å². The fourth-order valence-corrected chi connectivity index (χ4v) is 3.27. The number of aryl methyl sites for hydroxylation is 1. The monoisotopic (exact) mass is 320 g/mol. The summed E-state index contributed by atoms with van der Waals surface area (Å²) in [5.41, 5.74) is 2.94. The molecule has 5 heteroatoms. The molecular formula is C19H20N4O. The molecule has 1 N–H and O–H groups in total. The van der Waals surface area contributed by atoms with Gasteiger partial charge >= 0.3 is 0 Å². The van der Waals surface area contributed by atoms with Crippen molar-refractivity contribution in [2.45, 2.75) is 6.92 Å². The molecule has 5 nitrogen and oxygen atoms in total. The lowest BCUT2D eigenvalue weighted by Crippen LogP contribution is -2.49. The van der Waals surface area contributed by atoms with Crippen LogP contribution in [0.4, 0.5) is 5.82 Å². The summed E-state index contributed by atoms with van der Waals surface area (Å²) in [7, 11) is 0. The summed E-state index contributed by atoms with van der Waals surface area (Å²) < 4.78 is 0. The predicted molar refractivity (Wildman–Crippen MR) is 95.4 cm³/mol. The lowest BCUT2D eigenvalue weighted by Gasteiger charge is -2.35. The van der Waals surface area contributed by atoms with Gasteiger partial charge in [-0.25, -0.2) is 4.98 Å². The maximum absolute atomic E-state index is 12.8. The van der Waals surface area contributed by atoms with E-state index in [0.29, 0.717) is 0 Å². The van der Waals surface area contributed by atoms with E-state index in [1.165, 1.54) is 0 Å². The number of aromatic amines is 1. The Bertz CT molecular complexity index is 863. The number of hydrogen-bond donors (Lipinski definition) is 1. The molecule has 0 aliphatic carbocycles. The number of carbonyl (C=O) groups is 1. The number of hydrogen-bond acceptors (Lipinski definition) is 3. The van der Waals surface area contributed by atoms with Crippen LogP contribution in [0.25, 0.3) is 10.9 Å². The van der Waals surface area contributed by atoms with Gasteiger partial charge in [-0.15, -0.1) is 0 Å². The van der Waals surface area contributed by atoms with Crippen molar-refractivity contribution in [1.29, 1.82) is 0 Å². The second-order valence-corrected chi connectivity index (χ2v) is 6.22. The van der Waals surface area contributed by atoms with E-state index in [4.69, 9.17) is 0 Å². The minimum absolute atomic E-state index is 0.108. The lowest BCUT2D eigenvalue weighted by atomic mass is 10.1. The standard InChI is InChI=1S/C19H20N4O/c1-14-12-16-13-15(5-6-17(16)21-14)19(24)23-10-8-22(9-11-23)18-4-2-3-7-20-18/h2-7,12-13,21H,8-11H2,1H3. The van der Waals surface area contributed by atoms with Gasteiger partial charge in [0.05, 0.1) is 0 Å². The first-order chi connectivity index (χ1) is 11.7. The molecular weight excluding hydrogens is 300 g/mol. The number of nitrogens with zero attached hydrogens (tertiary/aromatic N) is 3. The van der Waals surface area contributed by atoms with Crippen molar-refractivity contribution >= 4 is 22.6 Å². The van der Waals surface area contributed by atoms with Crippen LogP contribution in [0.2, 0.25) is 0 Å². The molecule has 0 saturated carbocycles. The van der Waals surface area contributed by atoms with Crippen LogP contribution in [0.3, 0.4) is 0 Å². The number of fused-ring (bicyclic) bond motifs is 1. The zero-order chi connectivity index (χ0) is 16.5. The summed E-state index contributed by atoms with van der Waals surface area (Å²) in [5, 5.41) is 1.09. The molecule has 0 spiro atoms. The van der Waals surface area contributed by atoms with Gasteiger partial charge in [0, 0.05) is 54.5 Å². The van der Waals surface area contributed by atoms with Crippen LogP contribution in [0.5, 0.6) is 0 Å². The van der Waals surface area contributed by atoms with Crippen LogP contribution in [-0.2, 0) is 0 Å². The third-order valence-corrected chi connectivity index (χ3v) is 4.54. The molecule has 4 rings (SSSR count). The Hall–Kier alpha value is -2.82. The maximum atomic E-state index is 12.8. The molecule has 122 valence electrons. The van der Waals surface area contributed by atoms with Gasteiger partial charge in [0.2, 0.25) is 0 Å². The van der Waals surface area contributed by atoms with Crippen molar-refractivity contribution in [2.75, 3.05) is 31.1 Å². The number of piperazine rings is 1.